The molecule has 1 saturated heterocycles. The fraction of sp³-hybridized carbons (Fsp3) is 0.750. The summed E-state index contributed by atoms with van der Waals surface area (Å²) in [6.45, 7) is 5.61. The van der Waals surface area contributed by atoms with Crippen LogP contribution in [0.1, 0.15) is 31.4 Å². The highest BCUT2D eigenvalue weighted by Crippen LogP contribution is 2.17. The fourth-order valence-corrected chi connectivity index (χ4v) is 2.33. The second-order valence-electron chi connectivity index (χ2n) is 4.59. The van der Waals surface area contributed by atoms with Crippen molar-refractivity contribution in [3.8, 4) is 0 Å². The van der Waals surface area contributed by atoms with Gasteiger partial charge in [0.05, 0.1) is 12.0 Å². The van der Waals surface area contributed by atoms with E-state index in [4.69, 9.17) is 0 Å². The lowest BCUT2D eigenvalue weighted by molar-refractivity contribution is 0.340. The molecule has 0 bridgehead atoms. The van der Waals surface area contributed by atoms with E-state index in [9.17, 15) is 0 Å². The zero-order chi connectivity index (χ0) is 10.5. The third-order valence-corrected chi connectivity index (χ3v) is 3.25. The van der Waals surface area contributed by atoms with Crippen molar-refractivity contribution in [3.63, 3.8) is 0 Å². The molecule has 15 heavy (non-hydrogen) atoms. The standard InChI is InChI=1S/C12H21N3/c1-11-9-15(10-14-11)8-2-3-12-4-6-13-7-5-12/h9-10,12-13H,2-8H2,1H3. The molecule has 0 amide bonds. The molecule has 1 aliphatic rings. The van der Waals surface area contributed by atoms with Gasteiger partial charge in [-0.05, 0) is 51.6 Å². The van der Waals surface area contributed by atoms with Crippen molar-refractivity contribution in [2.45, 2.75) is 39.2 Å². The van der Waals surface area contributed by atoms with Crippen molar-refractivity contribution >= 4 is 0 Å². The van der Waals surface area contributed by atoms with E-state index in [0.29, 0.717) is 0 Å². The molecule has 0 aromatic carbocycles. The summed E-state index contributed by atoms with van der Waals surface area (Å²) >= 11 is 0. The van der Waals surface area contributed by atoms with Crippen LogP contribution in [0, 0.1) is 12.8 Å². The molecule has 1 aromatic rings. The van der Waals surface area contributed by atoms with Crippen LogP contribution in [-0.2, 0) is 6.54 Å². The van der Waals surface area contributed by atoms with Crippen molar-refractivity contribution < 1.29 is 0 Å². The Hall–Kier alpha value is -0.830. The summed E-state index contributed by atoms with van der Waals surface area (Å²) in [7, 11) is 0. The molecule has 84 valence electrons. The normalized spacial score (nSPS) is 18.2. The van der Waals surface area contributed by atoms with Gasteiger partial charge >= 0.3 is 0 Å². The highest BCUT2D eigenvalue weighted by molar-refractivity contribution is 4.91. The van der Waals surface area contributed by atoms with Crippen LogP contribution >= 0.6 is 0 Å². The maximum atomic E-state index is 4.24. The summed E-state index contributed by atoms with van der Waals surface area (Å²) < 4.78 is 2.20. The molecular formula is C12H21N3. The number of rotatable bonds is 4. The number of aromatic nitrogens is 2. The first-order valence-corrected chi connectivity index (χ1v) is 6.03. The van der Waals surface area contributed by atoms with Gasteiger partial charge in [0.1, 0.15) is 0 Å². The van der Waals surface area contributed by atoms with Crippen molar-refractivity contribution in [1.29, 1.82) is 0 Å². The van der Waals surface area contributed by atoms with Gasteiger partial charge in [-0.3, -0.25) is 0 Å². The minimum atomic E-state index is 0.955. The first-order valence-electron chi connectivity index (χ1n) is 6.03. The SMILES string of the molecule is Cc1cn(CCCC2CCNCC2)cn1. The molecule has 0 atom stereocenters. The van der Waals surface area contributed by atoms with E-state index in [2.05, 4.69) is 21.1 Å². The van der Waals surface area contributed by atoms with E-state index in [-0.39, 0.29) is 0 Å². The molecule has 1 N–H and O–H groups in total. The second kappa shape index (κ2) is 5.31. The van der Waals surface area contributed by atoms with Crippen molar-refractivity contribution in [1.82, 2.24) is 14.9 Å². The maximum absolute atomic E-state index is 4.24. The summed E-state index contributed by atoms with van der Waals surface area (Å²) in [6.07, 6.45) is 9.46. The van der Waals surface area contributed by atoms with Crippen LogP contribution in [0.15, 0.2) is 12.5 Å². The van der Waals surface area contributed by atoms with E-state index in [1.807, 2.05) is 13.3 Å². The molecular weight excluding hydrogens is 186 g/mol. The highest BCUT2D eigenvalue weighted by Gasteiger charge is 2.11. The van der Waals surface area contributed by atoms with E-state index in [1.165, 1.54) is 38.8 Å². The van der Waals surface area contributed by atoms with Gasteiger partial charge in [0.25, 0.3) is 0 Å². The first kappa shape index (κ1) is 10.7. The first-order chi connectivity index (χ1) is 7.34. The average molecular weight is 207 g/mol. The molecule has 1 aromatic heterocycles. The quantitative estimate of drug-likeness (QED) is 0.818. The molecule has 0 aliphatic carbocycles. The van der Waals surface area contributed by atoms with Crippen LogP contribution in [-0.4, -0.2) is 22.6 Å². The zero-order valence-corrected chi connectivity index (χ0v) is 9.58. The van der Waals surface area contributed by atoms with Crippen molar-refractivity contribution in [2.75, 3.05) is 13.1 Å². The number of nitrogens with zero attached hydrogens (tertiary/aromatic N) is 2. The van der Waals surface area contributed by atoms with Gasteiger partial charge in [-0.25, -0.2) is 4.98 Å². The Morgan fingerprint density at radius 3 is 2.93 bits per heavy atom. The average Bonchev–Trinajstić information content (AvgIpc) is 2.66. The lowest BCUT2D eigenvalue weighted by Gasteiger charge is -2.22. The number of imidazole rings is 1. The molecule has 0 radical (unpaired) electrons. The molecule has 3 nitrogen and oxygen atoms in total. The summed E-state index contributed by atoms with van der Waals surface area (Å²) in [5.74, 6) is 0.955. The number of piperidine rings is 1. The Morgan fingerprint density at radius 2 is 2.27 bits per heavy atom. The van der Waals surface area contributed by atoms with E-state index in [0.717, 1.165) is 18.2 Å². The minimum absolute atomic E-state index is 0.955. The van der Waals surface area contributed by atoms with Crippen LogP contribution in [0.3, 0.4) is 0 Å². The van der Waals surface area contributed by atoms with Gasteiger partial charge in [0.15, 0.2) is 0 Å². The Balaban J connectivity index is 1.65. The second-order valence-corrected chi connectivity index (χ2v) is 4.59. The number of hydrogen-bond acceptors (Lipinski definition) is 2. The number of aryl methyl sites for hydroxylation is 2. The van der Waals surface area contributed by atoms with E-state index < -0.39 is 0 Å². The number of hydrogen-bond donors (Lipinski definition) is 1. The van der Waals surface area contributed by atoms with E-state index in [1.54, 1.807) is 0 Å². The molecule has 0 saturated carbocycles. The van der Waals surface area contributed by atoms with Gasteiger partial charge in [0, 0.05) is 12.7 Å². The van der Waals surface area contributed by atoms with Crippen LogP contribution < -0.4 is 5.32 Å². The molecule has 2 rings (SSSR count). The van der Waals surface area contributed by atoms with Crippen LogP contribution in [0.25, 0.3) is 0 Å². The Kier molecular flexibility index (Phi) is 3.78. The Bertz CT molecular complexity index is 287. The van der Waals surface area contributed by atoms with Crippen LogP contribution in [0.5, 0.6) is 0 Å². The third-order valence-electron chi connectivity index (χ3n) is 3.25. The van der Waals surface area contributed by atoms with Gasteiger partial charge in [-0.2, -0.15) is 0 Å². The lowest BCUT2D eigenvalue weighted by Crippen LogP contribution is -2.27. The van der Waals surface area contributed by atoms with Gasteiger partial charge in [0.2, 0.25) is 0 Å². The predicted octanol–water partition coefficient (Wildman–Crippen LogP) is 1.97. The third kappa shape index (κ3) is 3.34. The molecule has 0 unspecified atom stereocenters. The summed E-state index contributed by atoms with van der Waals surface area (Å²) in [5, 5.41) is 3.41. The Labute approximate surface area is 91.9 Å². The summed E-state index contributed by atoms with van der Waals surface area (Å²) in [6, 6.07) is 0. The molecule has 2 heterocycles. The maximum Gasteiger partial charge on any atom is 0.0949 e. The van der Waals surface area contributed by atoms with Crippen molar-refractivity contribution in [3.05, 3.63) is 18.2 Å². The lowest BCUT2D eigenvalue weighted by atomic mass is 9.93. The molecule has 1 fully saturated rings. The van der Waals surface area contributed by atoms with Crippen LogP contribution in [0.2, 0.25) is 0 Å². The van der Waals surface area contributed by atoms with Crippen LogP contribution in [0.4, 0.5) is 0 Å². The molecule has 3 heteroatoms. The Morgan fingerprint density at radius 1 is 1.47 bits per heavy atom. The minimum Gasteiger partial charge on any atom is -0.337 e. The van der Waals surface area contributed by atoms with Gasteiger partial charge in [-0.1, -0.05) is 0 Å². The van der Waals surface area contributed by atoms with Gasteiger partial charge < -0.3 is 9.88 Å². The zero-order valence-electron chi connectivity index (χ0n) is 9.58. The monoisotopic (exact) mass is 207 g/mol. The van der Waals surface area contributed by atoms with Gasteiger partial charge in [-0.15, -0.1) is 0 Å². The fourth-order valence-electron chi connectivity index (χ4n) is 2.33. The van der Waals surface area contributed by atoms with Crippen molar-refractivity contribution in [2.24, 2.45) is 5.92 Å². The summed E-state index contributed by atoms with van der Waals surface area (Å²) in [5.41, 5.74) is 1.12. The van der Waals surface area contributed by atoms with E-state index >= 15 is 0 Å². The topological polar surface area (TPSA) is 29.9 Å². The molecule has 0 spiro atoms. The highest BCUT2D eigenvalue weighted by atomic mass is 15.0. The summed E-state index contributed by atoms with van der Waals surface area (Å²) in [4.78, 5) is 4.24. The predicted molar refractivity (Wildman–Crippen MR) is 61.8 cm³/mol. The number of nitrogens with one attached hydrogen (secondary N) is 1. The largest absolute Gasteiger partial charge is 0.337 e. The smallest absolute Gasteiger partial charge is 0.0949 e. The molecule has 1 aliphatic heterocycles.